The van der Waals surface area contributed by atoms with E-state index in [1.165, 1.54) is 0 Å². The number of alkyl carbamates (subject to hydrolysis) is 1. The van der Waals surface area contributed by atoms with E-state index in [2.05, 4.69) is 33.0 Å². The highest BCUT2D eigenvalue weighted by atomic mass is 127. The van der Waals surface area contributed by atoms with Crippen LogP contribution >= 0.6 is 22.6 Å². The first kappa shape index (κ1) is 18.9. The van der Waals surface area contributed by atoms with E-state index < -0.39 is 5.60 Å². The van der Waals surface area contributed by atoms with Crippen molar-refractivity contribution in [1.82, 2.24) is 15.1 Å². The van der Waals surface area contributed by atoms with Gasteiger partial charge < -0.3 is 10.1 Å². The number of amides is 1. The van der Waals surface area contributed by atoms with Gasteiger partial charge in [0.25, 0.3) is 0 Å². The molecule has 0 saturated heterocycles. The van der Waals surface area contributed by atoms with Crippen LogP contribution in [0.5, 0.6) is 0 Å². The average molecular weight is 421 g/mol. The Morgan fingerprint density at radius 1 is 1.36 bits per heavy atom. The second kappa shape index (κ2) is 9.12. The Bertz CT molecular complexity index is 495. The predicted molar refractivity (Wildman–Crippen MR) is 93.0 cm³/mol. The van der Waals surface area contributed by atoms with Gasteiger partial charge in [0.2, 0.25) is 0 Å². The Kier molecular flexibility index (Phi) is 7.84. The van der Waals surface area contributed by atoms with Crippen LogP contribution in [-0.4, -0.2) is 34.3 Å². The largest absolute Gasteiger partial charge is 0.444 e. The van der Waals surface area contributed by atoms with Crippen LogP contribution in [0.3, 0.4) is 0 Å². The fourth-order valence-corrected chi connectivity index (χ4v) is 2.44. The fraction of sp³-hybridized carbons (Fsp3) is 0.667. The normalized spacial score (nSPS) is 11.3. The summed E-state index contributed by atoms with van der Waals surface area (Å²) in [5.41, 5.74) is 0.189. The summed E-state index contributed by atoms with van der Waals surface area (Å²) in [6.45, 7) is 6.90. The first-order valence-electron chi connectivity index (χ1n) is 7.47. The zero-order valence-electron chi connectivity index (χ0n) is 13.4. The van der Waals surface area contributed by atoms with Crippen molar-refractivity contribution in [2.45, 2.75) is 58.6 Å². The molecule has 0 saturated carbocycles. The minimum absolute atomic E-state index is 0.366. The Morgan fingerprint density at radius 2 is 2.05 bits per heavy atom. The molecule has 1 aromatic heterocycles. The second-order valence-electron chi connectivity index (χ2n) is 6.06. The SMILES string of the molecule is CC(C)(C)OC(=O)NCCCCCCn1ncc(I)c1C=O. The lowest BCUT2D eigenvalue weighted by Crippen LogP contribution is -2.32. The maximum Gasteiger partial charge on any atom is 0.407 e. The lowest BCUT2D eigenvalue weighted by atomic mass is 10.2. The van der Waals surface area contributed by atoms with E-state index in [1.807, 2.05) is 20.8 Å². The third-order valence-corrected chi connectivity index (χ3v) is 3.74. The number of carbonyl (C=O) groups excluding carboxylic acids is 2. The molecule has 124 valence electrons. The minimum atomic E-state index is -0.457. The molecule has 0 aliphatic rings. The van der Waals surface area contributed by atoms with Crippen molar-refractivity contribution in [2.75, 3.05) is 6.54 Å². The van der Waals surface area contributed by atoms with Gasteiger partial charge in [-0.2, -0.15) is 5.10 Å². The number of aromatic nitrogens is 2. The van der Waals surface area contributed by atoms with Crippen molar-refractivity contribution in [1.29, 1.82) is 0 Å². The van der Waals surface area contributed by atoms with Crippen LogP contribution in [0.25, 0.3) is 0 Å². The van der Waals surface area contributed by atoms with Gasteiger partial charge in [0.15, 0.2) is 6.29 Å². The van der Waals surface area contributed by atoms with Gasteiger partial charge in [-0.1, -0.05) is 12.8 Å². The summed E-state index contributed by atoms with van der Waals surface area (Å²) in [7, 11) is 0. The zero-order chi connectivity index (χ0) is 16.6. The van der Waals surface area contributed by atoms with Crippen molar-refractivity contribution >= 4 is 35.0 Å². The number of aldehydes is 1. The van der Waals surface area contributed by atoms with Gasteiger partial charge in [-0.3, -0.25) is 9.48 Å². The quantitative estimate of drug-likeness (QED) is 0.397. The van der Waals surface area contributed by atoms with Gasteiger partial charge in [0.1, 0.15) is 11.3 Å². The van der Waals surface area contributed by atoms with Crippen LogP contribution in [-0.2, 0) is 11.3 Å². The number of unbranched alkanes of at least 4 members (excludes halogenated alkanes) is 3. The lowest BCUT2D eigenvalue weighted by molar-refractivity contribution is 0.0527. The van der Waals surface area contributed by atoms with Crippen LogP contribution in [0.15, 0.2) is 6.20 Å². The maximum absolute atomic E-state index is 11.4. The molecule has 0 aromatic carbocycles. The summed E-state index contributed by atoms with van der Waals surface area (Å²) in [4.78, 5) is 22.4. The smallest absolute Gasteiger partial charge is 0.407 e. The first-order chi connectivity index (χ1) is 10.3. The van der Waals surface area contributed by atoms with Crippen molar-refractivity contribution in [2.24, 2.45) is 0 Å². The third-order valence-electron chi connectivity index (χ3n) is 2.91. The van der Waals surface area contributed by atoms with Gasteiger partial charge in [0, 0.05) is 13.1 Å². The number of carbonyl (C=O) groups is 2. The number of nitrogens with one attached hydrogen (secondary N) is 1. The molecule has 1 amide bonds. The van der Waals surface area contributed by atoms with Gasteiger partial charge in [-0.25, -0.2) is 4.79 Å². The van der Waals surface area contributed by atoms with Gasteiger partial charge in [0.05, 0.1) is 9.77 Å². The van der Waals surface area contributed by atoms with Crippen molar-refractivity contribution < 1.29 is 14.3 Å². The highest BCUT2D eigenvalue weighted by Crippen LogP contribution is 2.11. The molecule has 7 heteroatoms. The maximum atomic E-state index is 11.4. The number of ether oxygens (including phenoxy) is 1. The summed E-state index contributed by atoms with van der Waals surface area (Å²) in [6.07, 6.45) is 6.11. The highest BCUT2D eigenvalue weighted by Gasteiger charge is 2.15. The van der Waals surface area contributed by atoms with Crippen molar-refractivity contribution in [3.8, 4) is 0 Å². The molecule has 6 nitrogen and oxygen atoms in total. The minimum Gasteiger partial charge on any atom is -0.444 e. The summed E-state index contributed by atoms with van der Waals surface area (Å²) in [5.74, 6) is 0. The molecule has 0 bridgehead atoms. The molecule has 0 fully saturated rings. The average Bonchev–Trinajstić information content (AvgIpc) is 2.76. The monoisotopic (exact) mass is 421 g/mol. The topological polar surface area (TPSA) is 73.2 Å². The number of nitrogens with zero attached hydrogens (tertiary/aromatic N) is 2. The van der Waals surface area contributed by atoms with Crippen LogP contribution in [0.1, 0.15) is 56.9 Å². The second-order valence-corrected chi connectivity index (χ2v) is 7.22. The first-order valence-corrected chi connectivity index (χ1v) is 8.54. The van der Waals surface area contributed by atoms with E-state index in [-0.39, 0.29) is 6.09 Å². The van der Waals surface area contributed by atoms with Gasteiger partial charge >= 0.3 is 6.09 Å². The summed E-state index contributed by atoms with van der Waals surface area (Å²) in [5, 5.41) is 6.93. The van der Waals surface area contributed by atoms with E-state index in [0.717, 1.165) is 42.1 Å². The van der Waals surface area contributed by atoms with Gasteiger partial charge in [-0.05, 0) is 56.2 Å². The molecule has 0 atom stereocenters. The lowest BCUT2D eigenvalue weighted by Gasteiger charge is -2.19. The number of aryl methyl sites for hydroxylation is 1. The van der Waals surface area contributed by atoms with Crippen LogP contribution in [0, 0.1) is 3.57 Å². The van der Waals surface area contributed by atoms with E-state index >= 15 is 0 Å². The molecule has 1 rings (SSSR count). The standard InChI is InChI=1S/C15H24IN3O3/c1-15(2,3)22-14(21)17-8-6-4-5-7-9-19-13(11-20)12(16)10-18-19/h10-11H,4-9H2,1-3H3,(H,17,21). The van der Waals surface area contributed by atoms with Gasteiger partial charge in [-0.15, -0.1) is 0 Å². The Hall–Kier alpha value is -1.12. The molecule has 22 heavy (non-hydrogen) atoms. The van der Waals surface area contributed by atoms with E-state index in [9.17, 15) is 9.59 Å². The molecule has 1 heterocycles. The number of rotatable bonds is 8. The van der Waals surface area contributed by atoms with Crippen LogP contribution in [0.4, 0.5) is 4.79 Å². The molecule has 0 radical (unpaired) electrons. The highest BCUT2D eigenvalue weighted by molar-refractivity contribution is 14.1. The zero-order valence-corrected chi connectivity index (χ0v) is 15.6. The van der Waals surface area contributed by atoms with E-state index in [1.54, 1.807) is 10.9 Å². The number of hydrogen-bond donors (Lipinski definition) is 1. The Morgan fingerprint density at radius 3 is 2.68 bits per heavy atom. The molecule has 0 aliphatic carbocycles. The van der Waals surface area contributed by atoms with Crippen molar-refractivity contribution in [3.63, 3.8) is 0 Å². The fourth-order valence-electron chi connectivity index (χ4n) is 1.91. The third kappa shape index (κ3) is 7.24. The van der Waals surface area contributed by atoms with Crippen molar-refractivity contribution in [3.05, 3.63) is 15.5 Å². The molecule has 0 aliphatic heterocycles. The Balaban J connectivity index is 2.09. The number of halogens is 1. The van der Waals surface area contributed by atoms with Crippen LogP contribution in [0.2, 0.25) is 0 Å². The van der Waals surface area contributed by atoms with E-state index in [4.69, 9.17) is 4.74 Å². The molecule has 1 aromatic rings. The predicted octanol–water partition coefficient (Wildman–Crippen LogP) is 3.39. The molecule has 1 N–H and O–H groups in total. The Labute approximate surface area is 145 Å². The summed E-state index contributed by atoms with van der Waals surface area (Å²) < 4.78 is 7.78. The molecule has 0 spiro atoms. The van der Waals surface area contributed by atoms with E-state index in [0.29, 0.717) is 12.2 Å². The van der Waals surface area contributed by atoms with Crippen LogP contribution < -0.4 is 5.32 Å². The number of hydrogen-bond acceptors (Lipinski definition) is 4. The summed E-state index contributed by atoms with van der Waals surface area (Å²) in [6, 6.07) is 0. The molecular formula is C15H24IN3O3. The summed E-state index contributed by atoms with van der Waals surface area (Å²) >= 11 is 2.11. The molecule has 0 unspecified atom stereocenters. The molecular weight excluding hydrogens is 397 g/mol.